The number of benzene rings is 2. The van der Waals surface area contributed by atoms with Crippen LogP contribution in [0.4, 0.5) is 16.2 Å². The number of anilines is 1. The van der Waals surface area contributed by atoms with Gasteiger partial charge in [0, 0.05) is 36.8 Å². The van der Waals surface area contributed by atoms with Gasteiger partial charge in [-0.25, -0.2) is 9.79 Å². The highest BCUT2D eigenvalue weighted by atomic mass is 35.5. The molecule has 0 heterocycles. The Morgan fingerprint density at radius 2 is 1.64 bits per heavy atom. The van der Waals surface area contributed by atoms with Crippen molar-refractivity contribution < 1.29 is 19.5 Å². The lowest BCUT2D eigenvalue weighted by Crippen LogP contribution is -2.51. The first-order valence-corrected chi connectivity index (χ1v) is 12.1. The van der Waals surface area contributed by atoms with E-state index in [1.54, 1.807) is 24.3 Å². The van der Waals surface area contributed by atoms with Gasteiger partial charge in [-0.05, 0) is 62.7 Å². The zero-order valence-corrected chi connectivity index (χ0v) is 22.0. The van der Waals surface area contributed by atoms with E-state index in [1.807, 2.05) is 24.3 Å². The third-order valence-corrected chi connectivity index (χ3v) is 5.66. The van der Waals surface area contributed by atoms with Gasteiger partial charge in [0.1, 0.15) is 0 Å². The van der Waals surface area contributed by atoms with Crippen molar-refractivity contribution in [2.45, 2.75) is 47.2 Å². The molecule has 3 N–H and O–H groups in total. The van der Waals surface area contributed by atoms with Crippen molar-refractivity contribution in [1.82, 2.24) is 15.5 Å². The minimum absolute atomic E-state index is 0.0156. The average Bonchev–Trinajstić information content (AvgIpc) is 2.82. The van der Waals surface area contributed by atoms with Crippen LogP contribution in [-0.2, 0) is 16.1 Å². The average molecular weight is 516 g/mol. The predicted molar refractivity (Wildman–Crippen MR) is 143 cm³/mol. The number of carbonyl (C=O) groups excluding carboxylic acids is 2. The zero-order chi connectivity index (χ0) is 26.8. The number of halogens is 1. The number of urea groups is 1. The number of aliphatic carboxylic acids is 1. The Balaban J connectivity index is 2.43. The van der Waals surface area contributed by atoms with E-state index < -0.39 is 23.8 Å². The Hall–Kier alpha value is -3.59. The first-order valence-electron chi connectivity index (χ1n) is 11.8. The third-order valence-electron chi connectivity index (χ3n) is 5.40. The van der Waals surface area contributed by atoms with Crippen LogP contribution in [0.25, 0.3) is 0 Å². The molecule has 194 valence electrons. The van der Waals surface area contributed by atoms with E-state index in [0.717, 1.165) is 17.8 Å². The van der Waals surface area contributed by atoms with Crippen LogP contribution in [0.15, 0.2) is 53.5 Å². The second-order valence-electron chi connectivity index (χ2n) is 8.65. The van der Waals surface area contributed by atoms with E-state index in [1.165, 1.54) is 18.7 Å². The van der Waals surface area contributed by atoms with Crippen molar-refractivity contribution in [1.29, 1.82) is 0 Å². The summed E-state index contributed by atoms with van der Waals surface area (Å²) in [6, 6.07) is 14.1. The highest BCUT2D eigenvalue weighted by Gasteiger charge is 2.23. The van der Waals surface area contributed by atoms with Gasteiger partial charge in [0.2, 0.25) is 11.9 Å². The Bertz CT molecular complexity index is 1070. The summed E-state index contributed by atoms with van der Waals surface area (Å²) in [4.78, 5) is 44.4. The van der Waals surface area contributed by atoms with Crippen molar-refractivity contribution in [3.63, 3.8) is 0 Å². The lowest BCUT2D eigenvalue weighted by molar-refractivity contribution is -0.140. The van der Waals surface area contributed by atoms with E-state index in [4.69, 9.17) is 16.7 Å². The molecular weight excluding hydrogens is 482 g/mol. The fourth-order valence-corrected chi connectivity index (χ4v) is 3.56. The van der Waals surface area contributed by atoms with Crippen molar-refractivity contribution in [2.24, 2.45) is 10.9 Å². The van der Waals surface area contributed by atoms with Gasteiger partial charge in [-0.2, -0.15) is 0 Å². The minimum Gasteiger partial charge on any atom is -0.481 e. The molecule has 0 aliphatic carbocycles. The molecule has 0 aromatic heterocycles. The molecule has 0 aliphatic heterocycles. The molecule has 10 heteroatoms. The molecule has 1 atom stereocenters. The molecule has 36 heavy (non-hydrogen) atoms. The van der Waals surface area contributed by atoms with Crippen LogP contribution >= 0.6 is 11.6 Å². The standard InChI is InChI=1S/C26H34ClN5O4/c1-6-31(17(2)3)23-13-11-22(12-14-23)30-25(29-19(5)33)32(16-20-7-9-21(27)10-8-20)26(36)28-15-18(4)24(34)35/h7-14,17-18H,6,15-16H2,1-5H3,(H,28,36)(H,34,35)(H,29,30,33)/t18-/m0/s1. The Kier molecular flexibility index (Phi) is 10.7. The number of nitrogens with zero attached hydrogens (tertiary/aromatic N) is 3. The summed E-state index contributed by atoms with van der Waals surface area (Å²) >= 11 is 6.00. The lowest BCUT2D eigenvalue weighted by atomic mass is 10.2. The minimum atomic E-state index is -1.03. The van der Waals surface area contributed by atoms with Crippen molar-refractivity contribution >= 4 is 46.8 Å². The Labute approximate surface area is 217 Å². The maximum Gasteiger partial charge on any atom is 0.324 e. The van der Waals surface area contributed by atoms with E-state index >= 15 is 0 Å². The van der Waals surface area contributed by atoms with Gasteiger partial charge in [-0.3, -0.25) is 19.8 Å². The van der Waals surface area contributed by atoms with Gasteiger partial charge in [-0.15, -0.1) is 0 Å². The van der Waals surface area contributed by atoms with Crippen LogP contribution < -0.4 is 15.5 Å². The molecule has 2 rings (SSSR count). The Morgan fingerprint density at radius 3 is 2.14 bits per heavy atom. The highest BCUT2D eigenvalue weighted by molar-refractivity contribution is 6.30. The summed E-state index contributed by atoms with van der Waals surface area (Å²) in [5.41, 5.74) is 2.31. The highest BCUT2D eigenvalue weighted by Crippen LogP contribution is 2.22. The molecular formula is C26H34ClN5O4. The number of carbonyl (C=O) groups is 3. The summed E-state index contributed by atoms with van der Waals surface area (Å²) in [5, 5.41) is 15.0. The first-order chi connectivity index (χ1) is 17.0. The van der Waals surface area contributed by atoms with E-state index in [2.05, 4.69) is 41.3 Å². The van der Waals surface area contributed by atoms with Crippen LogP contribution in [-0.4, -0.2) is 53.0 Å². The zero-order valence-electron chi connectivity index (χ0n) is 21.3. The maximum atomic E-state index is 13.2. The van der Waals surface area contributed by atoms with Gasteiger partial charge in [0.25, 0.3) is 0 Å². The van der Waals surface area contributed by atoms with Crippen LogP contribution in [0, 0.1) is 5.92 Å². The van der Waals surface area contributed by atoms with Gasteiger partial charge in [-0.1, -0.05) is 30.7 Å². The molecule has 9 nitrogen and oxygen atoms in total. The van der Waals surface area contributed by atoms with E-state index in [9.17, 15) is 14.4 Å². The number of hydrogen-bond donors (Lipinski definition) is 3. The molecule has 0 saturated heterocycles. The number of aliphatic imine (C=N–C) groups is 1. The number of carboxylic acids is 1. The van der Waals surface area contributed by atoms with Crippen molar-refractivity contribution in [2.75, 3.05) is 18.0 Å². The summed E-state index contributed by atoms with van der Waals surface area (Å²) in [6.45, 7) is 9.96. The smallest absolute Gasteiger partial charge is 0.324 e. The molecule has 0 radical (unpaired) electrons. The van der Waals surface area contributed by atoms with Gasteiger partial charge < -0.3 is 15.3 Å². The number of guanidine groups is 1. The molecule has 0 unspecified atom stereocenters. The van der Waals surface area contributed by atoms with Crippen LogP contribution in [0.3, 0.4) is 0 Å². The number of carboxylic acid groups (broad SMARTS) is 1. The first kappa shape index (κ1) is 28.6. The fraction of sp³-hybridized carbons (Fsp3) is 0.385. The van der Waals surface area contributed by atoms with Gasteiger partial charge in [0.15, 0.2) is 0 Å². The van der Waals surface area contributed by atoms with Gasteiger partial charge in [0.05, 0.1) is 18.2 Å². The summed E-state index contributed by atoms with van der Waals surface area (Å²) in [6.07, 6.45) is 0. The molecule has 2 aromatic carbocycles. The maximum absolute atomic E-state index is 13.2. The topological polar surface area (TPSA) is 114 Å². The summed E-state index contributed by atoms with van der Waals surface area (Å²) < 4.78 is 0. The monoisotopic (exact) mass is 515 g/mol. The predicted octanol–water partition coefficient (Wildman–Crippen LogP) is 4.63. The third kappa shape index (κ3) is 8.57. The normalized spacial score (nSPS) is 12.1. The molecule has 0 spiro atoms. The van der Waals surface area contributed by atoms with E-state index in [-0.39, 0.29) is 19.0 Å². The van der Waals surface area contributed by atoms with E-state index in [0.29, 0.717) is 16.8 Å². The molecule has 0 aliphatic rings. The quantitative estimate of drug-likeness (QED) is 0.333. The summed E-state index contributed by atoms with van der Waals surface area (Å²) in [7, 11) is 0. The number of amides is 3. The molecule has 0 saturated carbocycles. The van der Waals surface area contributed by atoms with Crippen molar-refractivity contribution in [3.05, 3.63) is 59.1 Å². The second-order valence-corrected chi connectivity index (χ2v) is 9.09. The number of nitrogens with one attached hydrogen (secondary N) is 2. The van der Waals surface area contributed by atoms with Crippen LogP contribution in [0.1, 0.15) is 40.2 Å². The van der Waals surface area contributed by atoms with Crippen LogP contribution in [0.2, 0.25) is 5.02 Å². The number of rotatable bonds is 9. The largest absolute Gasteiger partial charge is 0.481 e. The molecule has 0 fully saturated rings. The molecule has 2 aromatic rings. The van der Waals surface area contributed by atoms with Gasteiger partial charge >= 0.3 is 12.0 Å². The molecule has 0 bridgehead atoms. The lowest BCUT2D eigenvalue weighted by Gasteiger charge is -2.27. The Morgan fingerprint density at radius 1 is 1.03 bits per heavy atom. The second kappa shape index (κ2) is 13.5. The summed E-state index contributed by atoms with van der Waals surface area (Å²) in [5.74, 6) is -2.21. The molecule has 3 amide bonds. The van der Waals surface area contributed by atoms with Crippen LogP contribution in [0.5, 0.6) is 0 Å². The SMILES string of the molecule is CCN(c1ccc(/N=C(\NC(C)=O)N(Cc2ccc(Cl)cc2)C(=O)NC[C@H](C)C(=O)O)cc1)C(C)C. The van der Waals surface area contributed by atoms with Crippen molar-refractivity contribution in [3.8, 4) is 0 Å². The number of hydrogen-bond acceptors (Lipinski definition) is 5. The fourth-order valence-electron chi connectivity index (χ4n) is 3.44.